The summed E-state index contributed by atoms with van der Waals surface area (Å²) >= 11 is 8.91. The fourth-order valence-electron chi connectivity index (χ4n) is 1.47. The minimum Gasteiger partial charge on any atom is -0.506 e. The number of anilines is 1. The predicted molar refractivity (Wildman–Crippen MR) is 78.0 cm³/mol. The van der Waals surface area contributed by atoms with Gasteiger partial charge in [-0.05, 0) is 36.4 Å². The van der Waals surface area contributed by atoms with Crippen molar-refractivity contribution in [1.29, 1.82) is 0 Å². The van der Waals surface area contributed by atoms with Gasteiger partial charge >= 0.3 is 0 Å². The molecule has 0 radical (unpaired) electrons. The minimum atomic E-state index is -4.11. The molecule has 0 fully saturated rings. The fourth-order valence-corrected chi connectivity index (χ4v) is 3.41. The van der Waals surface area contributed by atoms with Crippen molar-refractivity contribution in [3.63, 3.8) is 0 Å². The van der Waals surface area contributed by atoms with E-state index >= 15 is 0 Å². The summed E-state index contributed by atoms with van der Waals surface area (Å²) in [4.78, 5) is -0.404. The lowest BCUT2D eigenvalue weighted by atomic mass is 10.3. The molecule has 0 bridgehead atoms. The Bertz CT molecular complexity index is 767. The third-order valence-electron chi connectivity index (χ3n) is 2.39. The van der Waals surface area contributed by atoms with Crippen molar-refractivity contribution < 1.29 is 17.9 Å². The highest BCUT2D eigenvalue weighted by molar-refractivity contribution is 9.10. The lowest BCUT2D eigenvalue weighted by molar-refractivity contribution is 0.477. The zero-order valence-electron chi connectivity index (χ0n) is 9.77. The molecule has 0 aliphatic heterocycles. The molecule has 2 N–H and O–H groups in total. The molecule has 0 atom stereocenters. The van der Waals surface area contributed by atoms with E-state index in [1.165, 1.54) is 12.1 Å². The van der Waals surface area contributed by atoms with E-state index < -0.39 is 20.7 Å². The summed E-state index contributed by atoms with van der Waals surface area (Å²) in [5.74, 6) is -0.988. The smallest absolute Gasteiger partial charge is 0.263 e. The number of benzene rings is 2. The number of nitrogens with one attached hydrogen (secondary N) is 1. The van der Waals surface area contributed by atoms with Crippen LogP contribution in [0.15, 0.2) is 45.8 Å². The van der Waals surface area contributed by atoms with Crippen LogP contribution in [0.1, 0.15) is 0 Å². The van der Waals surface area contributed by atoms with Crippen molar-refractivity contribution in [2.45, 2.75) is 4.90 Å². The quantitative estimate of drug-likeness (QED) is 0.797. The Morgan fingerprint density at radius 1 is 1.20 bits per heavy atom. The third-order valence-corrected chi connectivity index (χ3v) is 4.73. The molecule has 4 nitrogen and oxygen atoms in total. The molecule has 2 aromatic carbocycles. The van der Waals surface area contributed by atoms with Crippen LogP contribution in [-0.4, -0.2) is 13.5 Å². The Kier molecular flexibility index (Phi) is 4.22. The van der Waals surface area contributed by atoms with E-state index in [-0.39, 0.29) is 16.5 Å². The largest absolute Gasteiger partial charge is 0.506 e. The van der Waals surface area contributed by atoms with Gasteiger partial charge in [0.15, 0.2) is 0 Å². The van der Waals surface area contributed by atoms with Gasteiger partial charge in [-0.1, -0.05) is 27.5 Å². The van der Waals surface area contributed by atoms with Crippen LogP contribution in [0.3, 0.4) is 0 Å². The summed E-state index contributed by atoms with van der Waals surface area (Å²) < 4.78 is 40.2. The lowest BCUT2D eigenvalue weighted by Gasteiger charge is -2.11. The minimum absolute atomic E-state index is 0.0419. The van der Waals surface area contributed by atoms with Crippen molar-refractivity contribution in [3.8, 4) is 5.75 Å². The van der Waals surface area contributed by atoms with Crippen LogP contribution in [0.2, 0.25) is 5.02 Å². The van der Waals surface area contributed by atoms with E-state index in [1.807, 2.05) is 0 Å². The molecule has 106 valence electrons. The van der Waals surface area contributed by atoms with Gasteiger partial charge in [-0.15, -0.1) is 0 Å². The van der Waals surface area contributed by atoms with Crippen LogP contribution >= 0.6 is 27.5 Å². The number of phenols is 1. The summed E-state index contributed by atoms with van der Waals surface area (Å²) in [6.07, 6.45) is 0. The zero-order valence-corrected chi connectivity index (χ0v) is 12.9. The van der Waals surface area contributed by atoms with Crippen LogP contribution in [0, 0.1) is 5.82 Å². The second-order valence-electron chi connectivity index (χ2n) is 3.84. The number of rotatable bonds is 3. The van der Waals surface area contributed by atoms with Gasteiger partial charge in [0.05, 0.1) is 10.7 Å². The van der Waals surface area contributed by atoms with Crippen LogP contribution in [0.25, 0.3) is 0 Å². The molecule has 2 rings (SSSR count). The Balaban J connectivity index is 2.46. The molecule has 0 aromatic heterocycles. The van der Waals surface area contributed by atoms with E-state index in [4.69, 9.17) is 11.6 Å². The molecule has 2 aromatic rings. The molecule has 8 heteroatoms. The summed E-state index contributed by atoms with van der Waals surface area (Å²) in [5.41, 5.74) is -0.0419. The number of halogens is 3. The highest BCUT2D eigenvalue weighted by Crippen LogP contribution is 2.30. The molecular formula is C12H8BrClFNO3S. The summed E-state index contributed by atoms with van der Waals surface area (Å²) in [6.45, 7) is 0. The van der Waals surface area contributed by atoms with Crippen molar-refractivity contribution >= 4 is 43.2 Å². The highest BCUT2D eigenvalue weighted by Gasteiger charge is 2.20. The topological polar surface area (TPSA) is 66.4 Å². The maximum Gasteiger partial charge on any atom is 0.263 e. The number of hydrogen-bond donors (Lipinski definition) is 2. The molecule has 0 spiro atoms. The Morgan fingerprint density at radius 2 is 1.90 bits per heavy atom. The van der Waals surface area contributed by atoms with Crippen LogP contribution in [-0.2, 0) is 10.0 Å². The Hall–Kier alpha value is -1.31. The molecule has 0 amide bonds. The zero-order chi connectivity index (χ0) is 14.9. The monoisotopic (exact) mass is 379 g/mol. The van der Waals surface area contributed by atoms with Crippen molar-refractivity contribution in [2.24, 2.45) is 0 Å². The number of phenolic OH excluding ortho intramolecular Hbond substituents is 1. The molecule has 0 saturated carbocycles. The molecule has 20 heavy (non-hydrogen) atoms. The van der Waals surface area contributed by atoms with Gasteiger partial charge < -0.3 is 5.11 Å². The van der Waals surface area contributed by atoms with Gasteiger partial charge in [0.1, 0.15) is 16.5 Å². The normalized spacial score (nSPS) is 11.3. The van der Waals surface area contributed by atoms with E-state index in [9.17, 15) is 17.9 Å². The van der Waals surface area contributed by atoms with Crippen LogP contribution in [0.4, 0.5) is 10.1 Å². The second kappa shape index (κ2) is 5.59. The molecule has 0 heterocycles. The average molecular weight is 381 g/mol. The van der Waals surface area contributed by atoms with Crippen LogP contribution < -0.4 is 4.72 Å². The maximum atomic E-state index is 13.2. The Labute approximate surface area is 128 Å². The first kappa shape index (κ1) is 15.1. The lowest BCUT2D eigenvalue weighted by Crippen LogP contribution is -2.14. The summed E-state index contributed by atoms with van der Waals surface area (Å²) in [7, 11) is -4.11. The average Bonchev–Trinajstić information content (AvgIpc) is 2.36. The second-order valence-corrected chi connectivity index (χ2v) is 6.82. The van der Waals surface area contributed by atoms with E-state index in [0.717, 1.165) is 18.2 Å². The predicted octanol–water partition coefficient (Wildman–Crippen LogP) is 3.75. The van der Waals surface area contributed by atoms with Crippen molar-refractivity contribution in [3.05, 3.63) is 51.7 Å². The number of sulfonamides is 1. The van der Waals surface area contributed by atoms with E-state index in [2.05, 4.69) is 20.7 Å². The first-order chi connectivity index (χ1) is 9.29. The van der Waals surface area contributed by atoms with E-state index in [1.54, 1.807) is 6.07 Å². The van der Waals surface area contributed by atoms with Crippen molar-refractivity contribution in [2.75, 3.05) is 4.72 Å². The van der Waals surface area contributed by atoms with Gasteiger partial charge in [0.2, 0.25) is 0 Å². The molecule has 0 saturated heterocycles. The third kappa shape index (κ3) is 3.23. The highest BCUT2D eigenvalue weighted by atomic mass is 79.9. The van der Waals surface area contributed by atoms with Gasteiger partial charge in [0.25, 0.3) is 10.0 Å². The van der Waals surface area contributed by atoms with Gasteiger partial charge in [0, 0.05) is 4.47 Å². The SMILES string of the molecule is O=S(=O)(Nc1cc(Br)ccc1O)c1cc(F)ccc1Cl. The molecule has 0 aliphatic rings. The van der Waals surface area contributed by atoms with Gasteiger partial charge in [-0.2, -0.15) is 0 Å². The molecular weight excluding hydrogens is 373 g/mol. The first-order valence-electron chi connectivity index (χ1n) is 5.26. The standard InChI is InChI=1S/C12H8BrClFNO3S/c13-7-1-4-11(17)10(5-7)16-20(18,19)12-6-8(15)2-3-9(12)14/h1-6,16-17H. The summed E-state index contributed by atoms with van der Waals surface area (Å²) in [5, 5.41) is 9.50. The van der Waals surface area contributed by atoms with Crippen LogP contribution in [0.5, 0.6) is 5.75 Å². The first-order valence-corrected chi connectivity index (χ1v) is 7.91. The van der Waals surface area contributed by atoms with Gasteiger partial charge in [-0.25, -0.2) is 12.8 Å². The fraction of sp³-hybridized carbons (Fsp3) is 0. The van der Waals surface area contributed by atoms with Crippen molar-refractivity contribution in [1.82, 2.24) is 0 Å². The number of hydrogen-bond acceptors (Lipinski definition) is 3. The maximum absolute atomic E-state index is 13.2. The number of aromatic hydroxyl groups is 1. The summed E-state index contributed by atoms with van der Waals surface area (Å²) in [6, 6.07) is 7.24. The molecule has 0 aliphatic carbocycles. The Morgan fingerprint density at radius 3 is 2.60 bits per heavy atom. The van der Waals surface area contributed by atoms with Gasteiger partial charge in [-0.3, -0.25) is 4.72 Å². The van der Waals surface area contributed by atoms with E-state index in [0.29, 0.717) is 4.47 Å². The molecule has 0 unspecified atom stereocenters.